The van der Waals surface area contributed by atoms with Crippen LogP contribution >= 0.6 is 35.7 Å². The number of nitrogens with zero attached hydrogens (tertiary/aromatic N) is 3. The number of nitrogens with one attached hydrogen (secondary N) is 1. The van der Waals surface area contributed by atoms with Gasteiger partial charge in [0.25, 0.3) is 0 Å². The Bertz CT molecular complexity index is 386. The van der Waals surface area contributed by atoms with Gasteiger partial charge in [0.05, 0.1) is 19.8 Å². The van der Waals surface area contributed by atoms with Crippen molar-refractivity contribution < 1.29 is 4.74 Å². The van der Waals surface area contributed by atoms with E-state index in [2.05, 4.69) is 54.6 Å². The molecule has 0 amide bonds. The zero-order valence-corrected chi connectivity index (χ0v) is 18.8. The van der Waals surface area contributed by atoms with Gasteiger partial charge in [-0.3, -0.25) is 9.89 Å². The number of hydrogen-bond acceptors (Lipinski definition) is 4. The molecular formula is C17H35IN4OS. The quantitative estimate of drug-likeness (QED) is 0.380. The molecule has 7 heteroatoms. The lowest BCUT2D eigenvalue weighted by Crippen LogP contribution is -2.51. The van der Waals surface area contributed by atoms with Crippen LogP contribution in [-0.4, -0.2) is 84.8 Å². The van der Waals surface area contributed by atoms with E-state index in [0.29, 0.717) is 12.1 Å². The second kappa shape index (κ2) is 11.8. The summed E-state index contributed by atoms with van der Waals surface area (Å²) in [5, 5.41) is 4.23. The molecule has 2 aliphatic heterocycles. The fourth-order valence-electron chi connectivity index (χ4n) is 3.30. The second-order valence-corrected chi connectivity index (χ2v) is 7.96. The number of guanidine groups is 1. The average molecular weight is 470 g/mol. The highest BCUT2D eigenvalue weighted by molar-refractivity contribution is 14.0. The molecule has 0 aromatic rings. The van der Waals surface area contributed by atoms with Gasteiger partial charge < -0.3 is 15.0 Å². The van der Waals surface area contributed by atoms with Crippen molar-refractivity contribution in [1.82, 2.24) is 15.1 Å². The van der Waals surface area contributed by atoms with Gasteiger partial charge in [0.2, 0.25) is 0 Å². The van der Waals surface area contributed by atoms with Crippen molar-refractivity contribution in [3.8, 4) is 0 Å². The van der Waals surface area contributed by atoms with Crippen LogP contribution in [-0.2, 0) is 4.74 Å². The summed E-state index contributed by atoms with van der Waals surface area (Å²) in [5.74, 6) is 2.30. The summed E-state index contributed by atoms with van der Waals surface area (Å²) in [7, 11) is 0. The minimum atomic E-state index is 0. The van der Waals surface area contributed by atoms with Crippen LogP contribution in [0, 0.1) is 0 Å². The number of halogens is 1. The first-order valence-electron chi connectivity index (χ1n) is 9.14. The van der Waals surface area contributed by atoms with Crippen LogP contribution in [0.15, 0.2) is 4.99 Å². The molecule has 2 fully saturated rings. The minimum Gasteiger partial charge on any atom is -0.379 e. The summed E-state index contributed by atoms with van der Waals surface area (Å²) in [5.41, 5.74) is 0. The van der Waals surface area contributed by atoms with Crippen LogP contribution in [0.5, 0.6) is 0 Å². The van der Waals surface area contributed by atoms with Gasteiger partial charge in [-0.2, -0.15) is 11.8 Å². The van der Waals surface area contributed by atoms with Crippen molar-refractivity contribution in [3.63, 3.8) is 0 Å². The van der Waals surface area contributed by atoms with Crippen LogP contribution in [0.25, 0.3) is 0 Å². The molecule has 0 aromatic carbocycles. The van der Waals surface area contributed by atoms with Crippen molar-refractivity contribution >= 4 is 41.7 Å². The van der Waals surface area contributed by atoms with Gasteiger partial charge in [-0.15, -0.1) is 24.0 Å². The first-order valence-corrected chi connectivity index (χ1v) is 10.2. The Morgan fingerprint density at radius 3 is 2.83 bits per heavy atom. The summed E-state index contributed by atoms with van der Waals surface area (Å²) in [6.45, 7) is 15.7. The monoisotopic (exact) mass is 470 g/mol. The summed E-state index contributed by atoms with van der Waals surface area (Å²) >= 11 is 2.10. The van der Waals surface area contributed by atoms with Gasteiger partial charge in [0.15, 0.2) is 5.96 Å². The fourth-order valence-corrected chi connectivity index (χ4v) is 4.48. The molecule has 0 saturated carbocycles. The molecule has 2 saturated heterocycles. The SMILES string of the molecule is CCNC(=NCC(C)N1CCOCC1C)N1CCSC(CC)C1.I. The van der Waals surface area contributed by atoms with E-state index >= 15 is 0 Å². The van der Waals surface area contributed by atoms with Gasteiger partial charge >= 0.3 is 0 Å². The molecule has 3 unspecified atom stereocenters. The highest BCUT2D eigenvalue weighted by Gasteiger charge is 2.25. The average Bonchev–Trinajstić information content (AvgIpc) is 2.58. The minimum absolute atomic E-state index is 0. The number of thioether (sulfide) groups is 1. The maximum absolute atomic E-state index is 5.55. The zero-order chi connectivity index (χ0) is 16.7. The van der Waals surface area contributed by atoms with E-state index in [0.717, 1.165) is 57.1 Å². The van der Waals surface area contributed by atoms with Crippen LogP contribution < -0.4 is 5.32 Å². The molecule has 0 spiro atoms. The lowest BCUT2D eigenvalue weighted by molar-refractivity contribution is -0.0166. The fraction of sp³-hybridized carbons (Fsp3) is 0.941. The van der Waals surface area contributed by atoms with E-state index in [9.17, 15) is 0 Å². The van der Waals surface area contributed by atoms with E-state index < -0.39 is 0 Å². The molecule has 2 aliphatic rings. The molecular weight excluding hydrogens is 435 g/mol. The Balaban J connectivity index is 0.00000288. The van der Waals surface area contributed by atoms with Crippen LogP contribution in [0.3, 0.4) is 0 Å². The number of aliphatic imine (C=N–C) groups is 1. The van der Waals surface area contributed by atoms with Gasteiger partial charge in [-0.05, 0) is 27.2 Å². The Hall–Kier alpha value is 0.270. The Labute approximate surface area is 169 Å². The predicted molar refractivity (Wildman–Crippen MR) is 116 cm³/mol. The molecule has 0 radical (unpaired) electrons. The molecule has 2 rings (SSSR count). The van der Waals surface area contributed by atoms with Gasteiger partial charge in [-0.25, -0.2) is 0 Å². The molecule has 3 atom stereocenters. The van der Waals surface area contributed by atoms with Crippen molar-refractivity contribution in [3.05, 3.63) is 0 Å². The summed E-state index contributed by atoms with van der Waals surface area (Å²) < 4.78 is 5.55. The normalized spacial score (nSPS) is 27.5. The first-order chi connectivity index (χ1) is 11.2. The van der Waals surface area contributed by atoms with E-state index in [1.807, 2.05) is 0 Å². The topological polar surface area (TPSA) is 40.1 Å². The van der Waals surface area contributed by atoms with Crippen molar-refractivity contribution in [2.45, 2.75) is 51.4 Å². The number of rotatable bonds is 5. The van der Waals surface area contributed by atoms with Crippen LogP contribution in [0.1, 0.15) is 34.1 Å². The van der Waals surface area contributed by atoms with Crippen molar-refractivity contribution in [2.24, 2.45) is 4.99 Å². The Morgan fingerprint density at radius 2 is 2.17 bits per heavy atom. The van der Waals surface area contributed by atoms with Gasteiger partial charge in [0, 0.05) is 49.3 Å². The Morgan fingerprint density at radius 1 is 1.38 bits per heavy atom. The van der Waals surface area contributed by atoms with Gasteiger partial charge in [0.1, 0.15) is 0 Å². The third kappa shape index (κ3) is 6.53. The van der Waals surface area contributed by atoms with E-state index in [4.69, 9.17) is 9.73 Å². The van der Waals surface area contributed by atoms with E-state index in [1.165, 1.54) is 12.2 Å². The number of ether oxygens (including phenoxy) is 1. The smallest absolute Gasteiger partial charge is 0.194 e. The molecule has 5 nitrogen and oxygen atoms in total. The zero-order valence-electron chi connectivity index (χ0n) is 15.7. The highest BCUT2D eigenvalue weighted by Crippen LogP contribution is 2.21. The first kappa shape index (κ1) is 22.3. The van der Waals surface area contributed by atoms with E-state index in [-0.39, 0.29) is 24.0 Å². The second-order valence-electron chi connectivity index (χ2n) is 6.55. The van der Waals surface area contributed by atoms with Crippen molar-refractivity contribution in [1.29, 1.82) is 0 Å². The molecule has 1 N–H and O–H groups in total. The molecule has 0 bridgehead atoms. The number of morpholine rings is 1. The molecule has 2 heterocycles. The summed E-state index contributed by atoms with van der Waals surface area (Å²) in [6.07, 6.45) is 1.24. The van der Waals surface area contributed by atoms with Crippen LogP contribution in [0.4, 0.5) is 0 Å². The van der Waals surface area contributed by atoms with Crippen LogP contribution in [0.2, 0.25) is 0 Å². The third-order valence-corrected chi connectivity index (χ3v) is 6.09. The Kier molecular flexibility index (Phi) is 11.0. The molecule has 24 heavy (non-hydrogen) atoms. The standard InChI is InChI=1S/C17H34N4OS.HI/c1-5-16-12-20(8-10-23-16)17(18-6-2)19-11-14(3)21-7-9-22-13-15(21)4;/h14-16H,5-13H2,1-4H3,(H,18,19);1H. The number of hydrogen-bond donors (Lipinski definition) is 1. The predicted octanol–water partition coefficient (Wildman–Crippen LogP) is 2.51. The molecule has 0 aromatic heterocycles. The molecule has 0 aliphatic carbocycles. The summed E-state index contributed by atoms with van der Waals surface area (Å²) in [4.78, 5) is 9.93. The maximum atomic E-state index is 5.55. The largest absolute Gasteiger partial charge is 0.379 e. The van der Waals surface area contributed by atoms with Gasteiger partial charge in [-0.1, -0.05) is 6.92 Å². The summed E-state index contributed by atoms with van der Waals surface area (Å²) in [6, 6.07) is 0.955. The van der Waals surface area contributed by atoms with E-state index in [1.54, 1.807) is 0 Å². The third-order valence-electron chi connectivity index (χ3n) is 4.72. The maximum Gasteiger partial charge on any atom is 0.194 e. The lowest BCUT2D eigenvalue weighted by Gasteiger charge is -2.38. The molecule has 142 valence electrons. The lowest BCUT2D eigenvalue weighted by atomic mass is 10.2. The van der Waals surface area contributed by atoms with Crippen molar-refractivity contribution in [2.75, 3.05) is 51.7 Å². The highest BCUT2D eigenvalue weighted by atomic mass is 127.